The molecule has 0 aromatic heterocycles. The third kappa shape index (κ3) is 4.59. The Bertz CT molecular complexity index is 584. The van der Waals surface area contributed by atoms with E-state index in [4.69, 9.17) is 0 Å². The molecule has 0 bridgehead atoms. The predicted molar refractivity (Wildman–Crippen MR) is 88.0 cm³/mol. The maximum Gasteiger partial charge on any atom is 0.146 e. The van der Waals surface area contributed by atoms with E-state index in [1.54, 1.807) is 6.07 Å². The Morgan fingerprint density at radius 2 is 1.71 bits per heavy atom. The molecular formula is C19H24FN. The number of nitrogens with one attached hydrogen (secondary N) is 1. The van der Waals surface area contributed by atoms with Crippen LogP contribution < -0.4 is 5.32 Å². The van der Waals surface area contributed by atoms with Crippen LogP contribution in [0.2, 0.25) is 0 Å². The SMILES string of the molecule is Cc1ccc(NC(CC(C)(C)C)c2ccccc2)c(F)c1. The highest BCUT2D eigenvalue weighted by molar-refractivity contribution is 5.48. The van der Waals surface area contributed by atoms with Crippen LogP contribution in [0.3, 0.4) is 0 Å². The van der Waals surface area contributed by atoms with E-state index in [2.05, 4.69) is 38.2 Å². The summed E-state index contributed by atoms with van der Waals surface area (Å²) in [5.74, 6) is -0.190. The molecule has 112 valence electrons. The maximum absolute atomic E-state index is 14.1. The van der Waals surface area contributed by atoms with Gasteiger partial charge in [0.1, 0.15) is 5.82 Å². The Kier molecular flexibility index (Phi) is 4.66. The summed E-state index contributed by atoms with van der Waals surface area (Å²) in [5, 5.41) is 3.37. The highest BCUT2D eigenvalue weighted by atomic mass is 19.1. The topological polar surface area (TPSA) is 12.0 Å². The minimum absolute atomic E-state index is 0.100. The maximum atomic E-state index is 14.1. The van der Waals surface area contributed by atoms with Gasteiger partial charge in [0.2, 0.25) is 0 Å². The number of hydrogen-bond acceptors (Lipinski definition) is 1. The highest BCUT2D eigenvalue weighted by Crippen LogP contribution is 2.32. The molecule has 0 aliphatic rings. The molecule has 1 nitrogen and oxygen atoms in total. The number of anilines is 1. The van der Waals surface area contributed by atoms with E-state index < -0.39 is 0 Å². The van der Waals surface area contributed by atoms with Crippen molar-refractivity contribution in [1.29, 1.82) is 0 Å². The summed E-state index contributed by atoms with van der Waals surface area (Å²) in [6.45, 7) is 8.51. The number of halogens is 1. The lowest BCUT2D eigenvalue weighted by Crippen LogP contribution is -2.19. The van der Waals surface area contributed by atoms with Gasteiger partial charge in [-0.1, -0.05) is 57.2 Å². The smallest absolute Gasteiger partial charge is 0.146 e. The summed E-state index contributed by atoms with van der Waals surface area (Å²) in [6.07, 6.45) is 0.935. The van der Waals surface area contributed by atoms with Gasteiger partial charge in [-0.15, -0.1) is 0 Å². The first-order chi connectivity index (χ1) is 9.85. The molecule has 2 aromatic rings. The van der Waals surface area contributed by atoms with Gasteiger partial charge in [-0.25, -0.2) is 4.39 Å². The van der Waals surface area contributed by atoms with E-state index in [0.717, 1.165) is 12.0 Å². The standard InChI is InChI=1S/C19H24FN/c1-14-10-11-17(16(20)12-14)21-18(13-19(2,3)4)15-8-6-5-7-9-15/h5-12,18,21H,13H2,1-4H3. The van der Waals surface area contributed by atoms with Crippen LogP contribution in [0.5, 0.6) is 0 Å². The molecule has 0 saturated heterocycles. The first kappa shape index (κ1) is 15.6. The fourth-order valence-electron chi connectivity index (χ4n) is 2.47. The Morgan fingerprint density at radius 3 is 2.29 bits per heavy atom. The van der Waals surface area contributed by atoms with Crippen molar-refractivity contribution in [3.8, 4) is 0 Å². The first-order valence-electron chi connectivity index (χ1n) is 7.43. The molecule has 1 unspecified atom stereocenters. The van der Waals surface area contributed by atoms with Crippen LogP contribution in [0.1, 0.15) is 44.4 Å². The van der Waals surface area contributed by atoms with Crippen molar-refractivity contribution in [2.24, 2.45) is 5.41 Å². The molecule has 2 heteroatoms. The van der Waals surface area contributed by atoms with Gasteiger partial charge in [-0.05, 0) is 42.0 Å². The average molecular weight is 285 g/mol. The van der Waals surface area contributed by atoms with Crippen LogP contribution >= 0.6 is 0 Å². The third-order valence-corrected chi connectivity index (χ3v) is 3.47. The van der Waals surface area contributed by atoms with E-state index in [1.807, 2.05) is 37.3 Å². The van der Waals surface area contributed by atoms with E-state index in [9.17, 15) is 4.39 Å². The fraction of sp³-hybridized carbons (Fsp3) is 0.368. The van der Waals surface area contributed by atoms with E-state index in [-0.39, 0.29) is 17.3 Å². The minimum Gasteiger partial charge on any atom is -0.376 e. The lowest BCUT2D eigenvalue weighted by atomic mass is 9.85. The molecule has 0 fully saturated rings. The van der Waals surface area contributed by atoms with Crippen LogP contribution in [0.15, 0.2) is 48.5 Å². The van der Waals surface area contributed by atoms with Crippen molar-refractivity contribution in [1.82, 2.24) is 0 Å². The molecule has 1 N–H and O–H groups in total. The second-order valence-electron chi connectivity index (χ2n) is 6.86. The zero-order valence-electron chi connectivity index (χ0n) is 13.3. The normalized spacial score (nSPS) is 13.0. The number of hydrogen-bond donors (Lipinski definition) is 1. The summed E-state index contributed by atoms with van der Waals surface area (Å²) in [7, 11) is 0. The molecule has 0 amide bonds. The van der Waals surface area contributed by atoms with E-state index in [0.29, 0.717) is 5.69 Å². The molecule has 21 heavy (non-hydrogen) atoms. The van der Waals surface area contributed by atoms with Crippen LogP contribution in [-0.4, -0.2) is 0 Å². The summed E-state index contributed by atoms with van der Waals surface area (Å²) in [6, 6.07) is 15.7. The molecule has 0 aliphatic carbocycles. The van der Waals surface area contributed by atoms with Gasteiger partial charge < -0.3 is 5.32 Å². The Morgan fingerprint density at radius 1 is 1.05 bits per heavy atom. The molecule has 0 heterocycles. The number of rotatable bonds is 4. The van der Waals surface area contributed by atoms with Crippen molar-refractivity contribution < 1.29 is 4.39 Å². The second-order valence-corrected chi connectivity index (χ2v) is 6.86. The fourth-order valence-corrected chi connectivity index (χ4v) is 2.47. The van der Waals surface area contributed by atoms with Crippen LogP contribution in [-0.2, 0) is 0 Å². The molecule has 0 saturated carbocycles. The Labute approximate surface area is 127 Å². The molecule has 2 aromatic carbocycles. The van der Waals surface area contributed by atoms with Gasteiger partial charge in [-0.2, -0.15) is 0 Å². The molecule has 0 aliphatic heterocycles. The van der Waals surface area contributed by atoms with Gasteiger partial charge in [0.15, 0.2) is 0 Å². The summed E-state index contributed by atoms with van der Waals surface area (Å²) in [4.78, 5) is 0. The lowest BCUT2D eigenvalue weighted by Gasteiger charge is -2.28. The van der Waals surface area contributed by atoms with Crippen molar-refractivity contribution in [3.63, 3.8) is 0 Å². The highest BCUT2D eigenvalue weighted by Gasteiger charge is 2.21. The van der Waals surface area contributed by atoms with Crippen LogP contribution in [0, 0.1) is 18.2 Å². The number of aryl methyl sites for hydroxylation is 1. The molecule has 0 spiro atoms. The molecule has 1 atom stereocenters. The molecule has 2 rings (SSSR count). The zero-order chi connectivity index (χ0) is 15.5. The summed E-state index contributed by atoms with van der Waals surface area (Å²) in [5.41, 5.74) is 2.85. The Balaban J connectivity index is 2.28. The molecular weight excluding hydrogens is 261 g/mol. The summed E-state index contributed by atoms with van der Waals surface area (Å²) >= 11 is 0. The quantitative estimate of drug-likeness (QED) is 0.757. The minimum atomic E-state index is -0.190. The van der Waals surface area contributed by atoms with Crippen molar-refractivity contribution in [2.45, 2.75) is 40.2 Å². The average Bonchev–Trinajstić information content (AvgIpc) is 2.40. The Hall–Kier alpha value is -1.83. The second kappa shape index (κ2) is 6.30. The molecule has 0 radical (unpaired) electrons. The van der Waals surface area contributed by atoms with Gasteiger partial charge in [0.25, 0.3) is 0 Å². The van der Waals surface area contributed by atoms with E-state index in [1.165, 1.54) is 5.56 Å². The van der Waals surface area contributed by atoms with Gasteiger partial charge >= 0.3 is 0 Å². The van der Waals surface area contributed by atoms with Crippen molar-refractivity contribution >= 4 is 5.69 Å². The van der Waals surface area contributed by atoms with Gasteiger partial charge in [-0.3, -0.25) is 0 Å². The van der Waals surface area contributed by atoms with Gasteiger partial charge in [0, 0.05) is 0 Å². The van der Waals surface area contributed by atoms with Gasteiger partial charge in [0.05, 0.1) is 11.7 Å². The first-order valence-corrected chi connectivity index (χ1v) is 7.43. The predicted octanol–water partition coefficient (Wildman–Crippen LogP) is 5.72. The van der Waals surface area contributed by atoms with Crippen molar-refractivity contribution in [3.05, 3.63) is 65.5 Å². The number of benzene rings is 2. The van der Waals surface area contributed by atoms with Crippen LogP contribution in [0.4, 0.5) is 10.1 Å². The van der Waals surface area contributed by atoms with E-state index >= 15 is 0 Å². The zero-order valence-corrected chi connectivity index (χ0v) is 13.3. The monoisotopic (exact) mass is 285 g/mol. The van der Waals surface area contributed by atoms with Crippen LogP contribution in [0.25, 0.3) is 0 Å². The summed E-state index contributed by atoms with van der Waals surface area (Å²) < 4.78 is 14.1. The lowest BCUT2D eigenvalue weighted by molar-refractivity contribution is 0.352. The van der Waals surface area contributed by atoms with Crippen molar-refractivity contribution in [2.75, 3.05) is 5.32 Å². The third-order valence-electron chi connectivity index (χ3n) is 3.47. The largest absolute Gasteiger partial charge is 0.376 e.